The van der Waals surface area contributed by atoms with Crippen LogP contribution in [0.5, 0.6) is 11.6 Å². The van der Waals surface area contributed by atoms with Crippen LogP contribution in [0.2, 0.25) is 0 Å². The third-order valence-electron chi connectivity index (χ3n) is 5.77. The van der Waals surface area contributed by atoms with E-state index >= 15 is 0 Å². The summed E-state index contributed by atoms with van der Waals surface area (Å²) in [5, 5.41) is 4.61. The first-order valence-electron chi connectivity index (χ1n) is 10.1. The number of rotatable bonds is 3. The highest BCUT2D eigenvalue weighted by Gasteiger charge is 2.41. The summed E-state index contributed by atoms with van der Waals surface area (Å²) in [6, 6.07) is 11.2. The van der Waals surface area contributed by atoms with Gasteiger partial charge in [-0.05, 0) is 30.7 Å². The van der Waals surface area contributed by atoms with Gasteiger partial charge in [-0.1, -0.05) is 12.1 Å². The number of carbonyl (C=O) groups is 1. The third-order valence-corrected chi connectivity index (χ3v) is 5.77. The number of hydrogen-bond donors (Lipinski definition) is 0. The second-order valence-electron chi connectivity index (χ2n) is 7.53. The molecule has 0 amide bonds. The average molecular weight is 414 g/mol. The Morgan fingerprint density at radius 1 is 1.16 bits per heavy atom. The summed E-state index contributed by atoms with van der Waals surface area (Å²) < 4.78 is 18.9. The number of furan rings is 1. The summed E-state index contributed by atoms with van der Waals surface area (Å²) in [5.41, 5.74) is 2.64. The SMILES string of the molecule is COc1ccccc1-c1nc2c3c(ncn2n1)OC1=C(C(=O)CCC1)[C@H]3c1ccco1. The van der Waals surface area contributed by atoms with Crippen LogP contribution in [0, 0.1) is 0 Å². The number of para-hydroxylation sites is 1. The first-order valence-corrected chi connectivity index (χ1v) is 10.1. The van der Waals surface area contributed by atoms with E-state index in [1.54, 1.807) is 24.2 Å². The molecule has 31 heavy (non-hydrogen) atoms. The molecule has 1 aliphatic carbocycles. The van der Waals surface area contributed by atoms with E-state index in [0.29, 0.717) is 58.6 Å². The van der Waals surface area contributed by atoms with E-state index in [2.05, 4.69) is 10.1 Å². The number of ether oxygens (including phenoxy) is 2. The van der Waals surface area contributed by atoms with E-state index in [1.165, 1.54) is 0 Å². The van der Waals surface area contributed by atoms with E-state index in [0.717, 1.165) is 12.0 Å². The zero-order valence-corrected chi connectivity index (χ0v) is 16.7. The monoisotopic (exact) mass is 414 g/mol. The molecule has 1 aliphatic heterocycles. The van der Waals surface area contributed by atoms with Gasteiger partial charge in [-0.15, -0.1) is 5.10 Å². The molecule has 0 unspecified atom stereocenters. The number of Topliss-reactive ketones (excluding diaryl/α,β-unsaturated/α-hetero) is 1. The van der Waals surface area contributed by atoms with Gasteiger partial charge in [-0.2, -0.15) is 0 Å². The summed E-state index contributed by atoms with van der Waals surface area (Å²) in [4.78, 5) is 22.2. The van der Waals surface area contributed by atoms with Crippen LogP contribution in [0.15, 0.2) is 64.7 Å². The molecular formula is C23H18N4O4. The second kappa shape index (κ2) is 6.80. The number of allylic oxidation sites excluding steroid dienone is 2. The Kier molecular flexibility index (Phi) is 3.92. The van der Waals surface area contributed by atoms with Crippen LogP contribution in [-0.4, -0.2) is 32.5 Å². The molecule has 0 saturated carbocycles. The van der Waals surface area contributed by atoms with Gasteiger partial charge in [0.1, 0.15) is 23.6 Å². The molecule has 154 valence electrons. The maximum Gasteiger partial charge on any atom is 0.228 e. The van der Waals surface area contributed by atoms with Gasteiger partial charge in [-0.25, -0.2) is 14.5 Å². The zero-order valence-electron chi connectivity index (χ0n) is 16.7. The largest absolute Gasteiger partial charge is 0.496 e. The van der Waals surface area contributed by atoms with Crippen molar-refractivity contribution < 1.29 is 18.7 Å². The van der Waals surface area contributed by atoms with Crippen molar-refractivity contribution in [3.8, 4) is 23.0 Å². The molecule has 1 atom stereocenters. The van der Waals surface area contributed by atoms with Crippen LogP contribution in [0.4, 0.5) is 0 Å². The lowest BCUT2D eigenvalue weighted by Crippen LogP contribution is -2.26. The molecule has 0 radical (unpaired) electrons. The number of carbonyl (C=O) groups excluding carboxylic acids is 1. The molecule has 6 rings (SSSR count). The minimum atomic E-state index is -0.438. The molecule has 4 aromatic rings. The minimum absolute atomic E-state index is 0.0692. The van der Waals surface area contributed by atoms with Gasteiger partial charge < -0.3 is 13.9 Å². The smallest absolute Gasteiger partial charge is 0.228 e. The van der Waals surface area contributed by atoms with Crippen molar-refractivity contribution in [3.63, 3.8) is 0 Å². The quantitative estimate of drug-likeness (QED) is 0.502. The fraction of sp³-hybridized carbons (Fsp3) is 0.217. The predicted molar refractivity (Wildman–Crippen MR) is 110 cm³/mol. The van der Waals surface area contributed by atoms with E-state index in [1.807, 2.05) is 36.4 Å². The summed E-state index contributed by atoms with van der Waals surface area (Å²) in [6.07, 6.45) is 5.14. The average Bonchev–Trinajstić information content (AvgIpc) is 3.48. The highest BCUT2D eigenvalue weighted by molar-refractivity contribution is 5.99. The Hall–Kier alpha value is -3.94. The number of methoxy groups -OCH3 is 1. The Labute approximate surface area is 177 Å². The van der Waals surface area contributed by atoms with Crippen LogP contribution in [-0.2, 0) is 4.79 Å². The molecule has 0 N–H and O–H groups in total. The van der Waals surface area contributed by atoms with Crippen molar-refractivity contribution >= 4 is 11.4 Å². The van der Waals surface area contributed by atoms with Crippen molar-refractivity contribution in [1.29, 1.82) is 0 Å². The van der Waals surface area contributed by atoms with Gasteiger partial charge in [0.05, 0.1) is 30.4 Å². The second-order valence-corrected chi connectivity index (χ2v) is 7.53. The Morgan fingerprint density at radius 2 is 2.06 bits per heavy atom. The van der Waals surface area contributed by atoms with E-state index in [4.69, 9.17) is 18.9 Å². The Balaban J connectivity index is 1.60. The van der Waals surface area contributed by atoms with Crippen molar-refractivity contribution in [2.24, 2.45) is 0 Å². The molecule has 0 spiro atoms. The number of hydrogen-bond acceptors (Lipinski definition) is 7. The molecule has 2 aliphatic rings. The summed E-state index contributed by atoms with van der Waals surface area (Å²) in [5.74, 6) is 2.57. The van der Waals surface area contributed by atoms with Crippen LogP contribution in [0.3, 0.4) is 0 Å². The number of fused-ring (bicyclic) bond motifs is 3. The van der Waals surface area contributed by atoms with Gasteiger partial charge in [0.25, 0.3) is 0 Å². The molecule has 1 aromatic carbocycles. The summed E-state index contributed by atoms with van der Waals surface area (Å²) in [7, 11) is 1.61. The van der Waals surface area contributed by atoms with Crippen LogP contribution < -0.4 is 9.47 Å². The number of nitrogens with zero attached hydrogens (tertiary/aromatic N) is 4. The van der Waals surface area contributed by atoms with Gasteiger partial charge in [-0.3, -0.25) is 4.79 Å². The fourth-order valence-corrected chi connectivity index (χ4v) is 4.40. The summed E-state index contributed by atoms with van der Waals surface area (Å²) in [6.45, 7) is 0. The van der Waals surface area contributed by atoms with Gasteiger partial charge in [0.15, 0.2) is 17.3 Å². The third kappa shape index (κ3) is 2.68. The highest BCUT2D eigenvalue weighted by atomic mass is 16.5. The fourth-order valence-electron chi connectivity index (χ4n) is 4.40. The molecule has 0 fully saturated rings. The Morgan fingerprint density at radius 3 is 2.90 bits per heavy atom. The van der Waals surface area contributed by atoms with Crippen LogP contribution >= 0.6 is 0 Å². The first-order chi connectivity index (χ1) is 15.2. The zero-order chi connectivity index (χ0) is 20.9. The molecular weight excluding hydrogens is 396 g/mol. The highest BCUT2D eigenvalue weighted by Crippen LogP contribution is 2.47. The molecule has 3 aromatic heterocycles. The first kappa shape index (κ1) is 17.9. The van der Waals surface area contributed by atoms with Crippen molar-refractivity contribution in [1.82, 2.24) is 19.6 Å². The van der Waals surface area contributed by atoms with Crippen molar-refractivity contribution in [2.45, 2.75) is 25.2 Å². The number of aromatic nitrogens is 4. The number of ketones is 1. The lowest BCUT2D eigenvalue weighted by atomic mass is 9.80. The van der Waals surface area contributed by atoms with Crippen LogP contribution in [0.25, 0.3) is 17.0 Å². The van der Waals surface area contributed by atoms with E-state index in [9.17, 15) is 4.79 Å². The normalized spacial score (nSPS) is 18.0. The maximum atomic E-state index is 12.9. The lowest BCUT2D eigenvalue weighted by Gasteiger charge is -2.30. The molecule has 8 heteroatoms. The van der Waals surface area contributed by atoms with E-state index < -0.39 is 5.92 Å². The molecule has 8 nitrogen and oxygen atoms in total. The number of benzene rings is 1. The van der Waals surface area contributed by atoms with Gasteiger partial charge in [0.2, 0.25) is 5.88 Å². The molecule has 0 bridgehead atoms. The van der Waals surface area contributed by atoms with Crippen molar-refractivity contribution in [3.05, 3.63) is 71.6 Å². The molecule has 0 saturated heterocycles. The lowest BCUT2D eigenvalue weighted by molar-refractivity contribution is -0.116. The summed E-state index contributed by atoms with van der Waals surface area (Å²) >= 11 is 0. The Bertz CT molecular complexity index is 1350. The van der Waals surface area contributed by atoms with Gasteiger partial charge in [0, 0.05) is 18.4 Å². The molecule has 4 heterocycles. The van der Waals surface area contributed by atoms with Crippen molar-refractivity contribution in [2.75, 3.05) is 7.11 Å². The standard InChI is InChI=1S/C23H18N4O4/c1-29-15-8-3-2-6-13(15)21-25-22-20-19(16-10-5-11-30-16)18-14(28)7-4-9-17(18)31-23(20)24-12-27(22)26-21/h2-3,5-6,8,10-12,19H,4,7,9H2,1H3/t19-/m1/s1. The topological polar surface area (TPSA) is 91.8 Å². The predicted octanol–water partition coefficient (Wildman–Crippen LogP) is 3.92. The van der Waals surface area contributed by atoms with E-state index in [-0.39, 0.29) is 5.78 Å². The van der Waals surface area contributed by atoms with Crippen LogP contribution in [0.1, 0.15) is 36.5 Å². The van der Waals surface area contributed by atoms with Gasteiger partial charge >= 0.3 is 0 Å². The minimum Gasteiger partial charge on any atom is -0.496 e. The maximum absolute atomic E-state index is 12.9.